The molecule has 0 radical (unpaired) electrons. The van der Waals surface area contributed by atoms with Gasteiger partial charge >= 0.3 is 0 Å². The Hall–Kier alpha value is -0.460. The second-order valence-electron chi connectivity index (χ2n) is 6.27. The number of hydrogen-bond donors (Lipinski definition) is 3. The van der Waals surface area contributed by atoms with E-state index in [1.807, 2.05) is 0 Å². The average molecular weight is 330 g/mol. The van der Waals surface area contributed by atoms with Gasteiger partial charge in [0.15, 0.2) is 0 Å². The highest BCUT2D eigenvalue weighted by molar-refractivity contribution is 4.89. The molecule has 0 aliphatic carbocycles. The van der Waals surface area contributed by atoms with E-state index in [0.717, 1.165) is 19.3 Å². The molecule has 23 heavy (non-hydrogen) atoms. The first-order valence-corrected chi connectivity index (χ1v) is 9.05. The quantitative estimate of drug-likeness (QED) is 0.356. The van der Waals surface area contributed by atoms with Crippen molar-refractivity contribution in [2.45, 2.75) is 82.7 Å². The Morgan fingerprint density at radius 2 is 1.83 bits per heavy atom. The van der Waals surface area contributed by atoms with E-state index in [9.17, 15) is 10.2 Å². The predicted octanol–water partition coefficient (Wildman–Crippen LogP) is 2.18. The maximum absolute atomic E-state index is 9.81. The van der Waals surface area contributed by atoms with E-state index >= 15 is 0 Å². The molecule has 3 N–H and O–H groups in total. The fourth-order valence-corrected chi connectivity index (χ4v) is 2.75. The van der Waals surface area contributed by atoms with Gasteiger partial charge in [0.25, 0.3) is 0 Å². The highest BCUT2D eigenvalue weighted by Gasteiger charge is 2.40. The summed E-state index contributed by atoms with van der Waals surface area (Å²) in [6.45, 7) is 2.52. The van der Waals surface area contributed by atoms with Crippen LogP contribution in [0.25, 0.3) is 0 Å². The molecular weight excluding hydrogens is 296 g/mol. The fraction of sp³-hybridized carbons (Fsp3) is 0.889. The molecule has 1 aliphatic heterocycles. The van der Waals surface area contributed by atoms with E-state index in [2.05, 4.69) is 19.1 Å². The Labute approximate surface area is 140 Å². The van der Waals surface area contributed by atoms with Crippen LogP contribution in [-0.4, -0.2) is 59.6 Å². The molecule has 0 aromatic carbocycles. The van der Waals surface area contributed by atoms with Gasteiger partial charge in [-0.1, -0.05) is 44.8 Å². The van der Waals surface area contributed by atoms with Gasteiger partial charge in [0.1, 0.15) is 24.4 Å². The zero-order valence-electron chi connectivity index (χ0n) is 14.4. The molecule has 1 fully saturated rings. The molecule has 0 aromatic rings. The summed E-state index contributed by atoms with van der Waals surface area (Å²) in [5.74, 6) is 0. The normalized spacial score (nSPS) is 26.2. The molecule has 5 nitrogen and oxygen atoms in total. The van der Waals surface area contributed by atoms with E-state index in [-0.39, 0.29) is 13.2 Å². The molecule has 136 valence electrons. The van der Waals surface area contributed by atoms with Crippen molar-refractivity contribution in [2.24, 2.45) is 0 Å². The van der Waals surface area contributed by atoms with Crippen LogP contribution < -0.4 is 0 Å². The van der Waals surface area contributed by atoms with E-state index in [1.165, 1.54) is 32.1 Å². The predicted molar refractivity (Wildman–Crippen MR) is 90.3 cm³/mol. The minimum atomic E-state index is -1.00. The number of ether oxygens (including phenoxy) is 2. The second-order valence-corrected chi connectivity index (χ2v) is 6.27. The van der Waals surface area contributed by atoms with Crippen LogP contribution in [-0.2, 0) is 9.47 Å². The summed E-state index contributed by atoms with van der Waals surface area (Å²) >= 11 is 0. The zero-order chi connectivity index (χ0) is 16.9. The van der Waals surface area contributed by atoms with Crippen LogP contribution in [0.2, 0.25) is 0 Å². The lowest BCUT2D eigenvalue weighted by atomic mass is 10.1. The van der Waals surface area contributed by atoms with Crippen molar-refractivity contribution in [1.82, 2.24) is 0 Å². The number of unbranched alkanes of at least 4 members (excludes halogenated alkanes) is 6. The molecule has 4 atom stereocenters. The summed E-state index contributed by atoms with van der Waals surface area (Å²) in [6.07, 6.45) is 10.9. The van der Waals surface area contributed by atoms with Crippen molar-refractivity contribution in [2.75, 3.05) is 19.8 Å². The molecule has 0 spiro atoms. The molecule has 0 amide bonds. The summed E-state index contributed by atoms with van der Waals surface area (Å²) in [4.78, 5) is 0. The van der Waals surface area contributed by atoms with Gasteiger partial charge in [-0.05, 0) is 25.7 Å². The third-order valence-electron chi connectivity index (χ3n) is 4.20. The standard InChI is InChI=1S/C18H34O5/c1-2-3-4-5-6-7-8-9-10-11-12-22-18-16(21)14-23-17(18)15(20)13-19/h5-6,15-21H,2-4,7-14H2,1H3/b6-5+/t15-,16+,17-,18-/m1/s1. The lowest BCUT2D eigenvalue weighted by molar-refractivity contribution is -0.0938. The Balaban J connectivity index is 2.02. The van der Waals surface area contributed by atoms with Crippen LogP contribution in [0, 0.1) is 0 Å². The summed E-state index contributed by atoms with van der Waals surface area (Å²) in [7, 11) is 0. The minimum Gasteiger partial charge on any atom is -0.394 e. The monoisotopic (exact) mass is 330 g/mol. The maximum Gasteiger partial charge on any atom is 0.114 e. The number of aliphatic hydroxyl groups is 3. The highest BCUT2D eigenvalue weighted by atomic mass is 16.6. The number of allylic oxidation sites excluding steroid dienone is 2. The van der Waals surface area contributed by atoms with Gasteiger partial charge in [-0.2, -0.15) is 0 Å². The first-order valence-electron chi connectivity index (χ1n) is 9.05. The fourth-order valence-electron chi connectivity index (χ4n) is 2.75. The third kappa shape index (κ3) is 8.27. The largest absolute Gasteiger partial charge is 0.394 e. The molecular formula is C18H34O5. The maximum atomic E-state index is 9.81. The smallest absolute Gasteiger partial charge is 0.114 e. The number of aliphatic hydroxyl groups excluding tert-OH is 3. The molecule has 5 heteroatoms. The molecule has 1 rings (SSSR count). The zero-order valence-corrected chi connectivity index (χ0v) is 14.4. The molecule has 0 saturated carbocycles. The van der Waals surface area contributed by atoms with E-state index in [0.29, 0.717) is 6.61 Å². The van der Waals surface area contributed by atoms with Gasteiger partial charge in [0, 0.05) is 6.61 Å². The summed E-state index contributed by atoms with van der Waals surface area (Å²) in [5.41, 5.74) is 0. The molecule has 1 heterocycles. The second kappa shape index (κ2) is 12.9. The van der Waals surface area contributed by atoms with Crippen LogP contribution in [0.15, 0.2) is 12.2 Å². The molecule has 0 bridgehead atoms. The average Bonchev–Trinajstić information content (AvgIpc) is 2.93. The summed E-state index contributed by atoms with van der Waals surface area (Å²) in [5, 5.41) is 28.5. The van der Waals surface area contributed by atoms with Crippen LogP contribution in [0.1, 0.15) is 58.3 Å². The third-order valence-corrected chi connectivity index (χ3v) is 4.20. The molecule has 0 unspecified atom stereocenters. The number of rotatable bonds is 13. The van der Waals surface area contributed by atoms with Gasteiger partial charge in [0.2, 0.25) is 0 Å². The van der Waals surface area contributed by atoms with Crippen molar-refractivity contribution in [1.29, 1.82) is 0 Å². The van der Waals surface area contributed by atoms with Gasteiger partial charge in [-0.3, -0.25) is 0 Å². The van der Waals surface area contributed by atoms with Crippen LogP contribution in [0.3, 0.4) is 0 Å². The van der Waals surface area contributed by atoms with Crippen LogP contribution in [0.5, 0.6) is 0 Å². The lowest BCUT2D eigenvalue weighted by Crippen LogP contribution is -2.42. The Morgan fingerprint density at radius 3 is 2.52 bits per heavy atom. The van der Waals surface area contributed by atoms with Crippen LogP contribution in [0.4, 0.5) is 0 Å². The first kappa shape index (κ1) is 20.6. The SMILES string of the molecule is CCCC/C=C/CCCCCCO[C@H]1[C@@H]([C@H](O)CO)OC[C@@H]1O. The van der Waals surface area contributed by atoms with Gasteiger partial charge < -0.3 is 24.8 Å². The van der Waals surface area contributed by atoms with E-state index in [1.54, 1.807) is 0 Å². The van der Waals surface area contributed by atoms with Crippen molar-refractivity contribution in [3.8, 4) is 0 Å². The first-order chi connectivity index (χ1) is 11.2. The van der Waals surface area contributed by atoms with Crippen molar-refractivity contribution in [3.05, 3.63) is 12.2 Å². The lowest BCUT2D eigenvalue weighted by Gasteiger charge is -2.23. The molecule has 1 aliphatic rings. The molecule has 1 saturated heterocycles. The highest BCUT2D eigenvalue weighted by Crippen LogP contribution is 2.21. The van der Waals surface area contributed by atoms with Gasteiger partial charge in [0.05, 0.1) is 13.2 Å². The summed E-state index contributed by atoms with van der Waals surface area (Å²) in [6, 6.07) is 0. The Kier molecular flexibility index (Phi) is 11.5. The minimum absolute atomic E-state index is 0.150. The van der Waals surface area contributed by atoms with Crippen molar-refractivity contribution >= 4 is 0 Å². The summed E-state index contributed by atoms with van der Waals surface area (Å²) < 4.78 is 11.0. The molecule has 0 aromatic heterocycles. The van der Waals surface area contributed by atoms with Crippen molar-refractivity contribution < 1.29 is 24.8 Å². The van der Waals surface area contributed by atoms with Crippen molar-refractivity contribution in [3.63, 3.8) is 0 Å². The van der Waals surface area contributed by atoms with Crippen LogP contribution >= 0.6 is 0 Å². The topological polar surface area (TPSA) is 79.2 Å². The Morgan fingerprint density at radius 1 is 1.13 bits per heavy atom. The number of hydrogen-bond acceptors (Lipinski definition) is 5. The van der Waals surface area contributed by atoms with E-state index in [4.69, 9.17) is 14.6 Å². The Bertz CT molecular complexity index is 308. The van der Waals surface area contributed by atoms with Gasteiger partial charge in [-0.25, -0.2) is 0 Å². The van der Waals surface area contributed by atoms with Gasteiger partial charge in [-0.15, -0.1) is 0 Å². The van der Waals surface area contributed by atoms with E-state index < -0.39 is 24.4 Å².